The molecule has 3 nitrogen and oxygen atoms in total. The summed E-state index contributed by atoms with van der Waals surface area (Å²) in [5.74, 6) is 0.914. The zero-order chi connectivity index (χ0) is 11.0. The van der Waals surface area contributed by atoms with Crippen LogP contribution in [0.2, 0.25) is 0 Å². The molecule has 1 fully saturated rings. The Hall–Kier alpha value is -1.06. The van der Waals surface area contributed by atoms with Crippen molar-refractivity contribution < 1.29 is 9.47 Å². The van der Waals surface area contributed by atoms with Gasteiger partial charge in [0.05, 0.1) is 25.9 Å². The molecular formula is C13H17NO2. The van der Waals surface area contributed by atoms with Gasteiger partial charge < -0.3 is 14.8 Å². The molecule has 0 amide bonds. The maximum atomic E-state index is 5.89. The fourth-order valence-corrected chi connectivity index (χ4v) is 2.68. The third kappa shape index (κ3) is 1.60. The summed E-state index contributed by atoms with van der Waals surface area (Å²) in [6.07, 6.45) is 2.74. The molecule has 16 heavy (non-hydrogen) atoms. The smallest absolute Gasteiger partial charge is 0.119 e. The highest BCUT2D eigenvalue weighted by Crippen LogP contribution is 2.35. The summed E-state index contributed by atoms with van der Waals surface area (Å²) in [6.45, 7) is 1.81. The summed E-state index contributed by atoms with van der Waals surface area (Å²) in [4.78, 5) is 0. The molecule has 1 aromatic carbocycles. The van der Waals surface area contributed by atoms with Crippen LogP contribution in [0.25, 0.3) is 0 Å². The number of piperidine rings is 1. The lowest BCUT2D eigenvalue weighted by molar-refractivity contribution is -0.0178. The second-order valence-corrected chi connectivity index (χ2v) is 4.49. The molecule has 0 aromatic heterocycles. The first-order chi connectivity index (χ1) is 7.88. The van der Waals surface area contributed by atoms with Crippen LogP contribution in [0, 0.1) is 0 Å². The van der Waals surface area contributed by atoms with E-state index in [9.17, 15) is 0 Å². The van der Waals surface area contributed by atoms with E-state index in [1.807, 2.05) is 6.07 Å². The molecule has 2 unspecified atom stereocenters. The van der Waals surface area contributed by atoms with Crippen LogP contribution in [0.3, 0.4) is 0 Å². The summed E-state index contributed by atoms with van der Waals surface area (Å²) in [6, 6.07) is 6.68. The Balaban J connectivity index is 1.96. The SMILES string of the molecule is COc1ccc2c(c1)COC1CCCNC21. The Kier molecular flexibility index (Phi) is 2.58. The van der Waals surface area contributed by atoms with Crippen molar-refractivity contribution in [3.05, 3.63) is 29.3 Å². The number of benzene rings is 1. The Labute approximate surface area is 95.8 Å². The van der Waals surface area contributed by atoms with Crippen LogP contribution < -0.4 is 10.1 Å². The van der Waals surface area contributed by atoms with Crippen molar-refractivity contribution in [2.45, 2.75) is 31.6 Å². The second kappa shape index (κ2) is 4.07. The van der Waals surface area contributed by atoms with Gasteiger partial charge in [0.25, 0.3) is 0 Å². The molecule has 2 heterocycles. The minimum Gasteiger partial charge on any atom is -0.497 e. The lowest BCUT2D eigenvalue weighted by Gasteiger charge is -2.37. The van der Waals surface area contributed by atoms with Crippen LogP contribution in [-0.2, 0) is 11.3 Å². The number of fused-ring (bicyclic) bond motifs is 3. The Morgan fingerprint density at radius 1 is 1.44 bits per heavy atom. The lowest BCUT2D eigenvalue weighted by Crippen LogP contribution is -2.42. The van der Waals surface area contributed by atoms with Gasteiger partial charge in [0, 0.05) is 0 Å². The molecule has 3 heteroatoms. The fraction of sp³-hybridized carbons (Fsp3) is 0.538. The summed E-state index contributed by atoms with van der Waals surface area (Å²) in [7, 11) is 1.70. The summed E-state index contributed by atoms with van der Waals surface area (Å²) < 4.78 is 11.1. The standard InChI is InChI=1S/C13H17NO2/c1-15-10-4-5-11-9(7-10)8-16-12-3-2-6-14-13(11)12/h4-5,7,12-14H,2-3,6,8H2,1H3. The molecule has 86 valence electrons. The van der Waals surface area contributed by atoms with Crippen LogP contribution in [0.15, 0.2) is 18.2 Å². The topological polar surface area (TPSA) is 30.5 Å². The molecule has 0 spiro atoms. The third-order valence-corrected chi connectivity index (χ3v) is 3.54. The van der Waals surface area contributed by atoms with Crippen molar-refractivity contribution >= 4 is 0 Å². The number of methoxy groups -OCH3 is 1. The van der Waals surface area contributed by atoms with Gasteiger partial charge in [-0.05, 0) is 42.6 Å². The van der Waals surface area contributed by atoms with Crippen LogP contribution in [0.1, 0.15) is 30.0 Å². The van der Waals surface area contributed by atoms with Gasteiger partial charge >= 0.3 is 0 Å². The highest BCUT2D eigenvalue weighted by molar-refractivity contribution is 5.39. The molecule has 0 radical (unpaired) electrons. The Bertz CT molecular complexity index is 392. The van der Waals surface area contributed by atoms with Crippen LogP contribution in [0.5, 0.6) is 5.75 Å². The fourth-order valence-electron chi connectivity index (χ4n) is 2.68. The second-order valence-electron chi connectivity index (χ2n) is 4.49. The quantitative estimate of drug-likeness (QED) is 0.784. The van der Waals surface area contributed by atoms with Gasteiger partial charge in [0.2, 0.25) is 0 Å². The van der Waals surface area contributed by atoms with E-state index in [-0.39, 0.29) is 0 Å². The predicted octanol–water partition coefficient (Wildman–Crippen LogP) is 2.02. The van der Waals surface area contributed by atoms with E-state index in [1.54, 1.807) is 7.11 Å². The number of nitrogens with one attached hydrogen (secondary N) is 1. The maximum Gasteiger partial charge on any atom is 0.119 e. The van der Waals surface area contributed by atoms with E-state index in [2.05, 4.69) is 17.4 Å². The molecule has 2 aliphatic heterocycles. The summed E-state index contributed by atoms with van der Waals surface area (Å²) in [5, 5.41) is 3.55. The van der Waals surface area contributed by atoms with Gasteiger partial charge in [-0.3, -0.25) is 0 Å². The van der Waals surface area contributed by atoms with Crippen molar-refractivity contribution in [2.75, 3.05) is 13.7 Å². The number of hydrogen-bond donors (Lipinski definition) is 1. The molecule has 0 bridgehead atoms. The van der Waals surface area contributed by atoms with Crippen molar-refractivity contribution in [1.82, 2.24) is 5.32 Å². The van der Waals surface area contributed by atoms with Gasteiger partial charge in [0.1, 0.15) is 5.75 Å². The molecule has 2 atom stereocenters. The van der Waals surface area contributed by atoms with Crippen molar-refractivity contribution in [1.29, 1.82) is 0 Å². The average Bonchev–Trinajstić information content (AvgIpc) is 2.38. The Morgan fingerprint density at radius 3 is 3.25 bits per heavy atom. The zero-order valence-electron chi connectivity index (χ0n) is 9.53. The first kappa shape index (κ1) is 10.1. The molecule has 0 saturated carbocycles. The molecule has 1 N–H and O–H groups in total. The molecular weight excluding hydrogens is 202 g/mol. The Morgan fingerprint density at radius 2 is 2.38 bits per heavy atom. The van der Waals surface area contributed by atoms with E-state index in [1.165, 1.54) is 24.0 Å². The van der Waals surface area contributed by atoms with Crippen molar-refractivity contribution in [2.24, 2.45) is 0 Å². The van der Waals surface area contributed by atoms with E-state index in [4.69, 9.17) is 9.47 Å². The van der Waals surface area contributed by atoms with Crippen molar-refractivity contribution in [3.63, 3.8) is 0 Å². The number of rotatable bonds is 1. The normalized spacial score (nSPS) is 28.1. The van der Waals surface area contributed by atoms with Crippen LogP contribution >= 0.6 is 0 Å². The third-order valence-electron chi connectivity index (χ3n) is 3.54. The van der Waals surface area contributed by atoms with E-state index >= 15 is 0 Å². The largest absolute Gasteiger partial charge is 0.497 e. The average molecular weight is 219 g/mol. The summed E-state index contributed by atoms with van der Waals surface area (Å²) >= 11 is 0. The minimum absolute atomic E-state index is 0.356. The molecule has 1 saturated heterocycles. The monoisotopic (exact) mass is 219 g/mol. The number of ether oxygens (including phenoxy) is 2. The first-order valence-corrected chi connectivity index (χ1v) is 5.90. The van der Waals surface area contributed by atoms with E-state index in [0.29, 0.717) is 12.1 Å². The molecule has 1 aromatic rings. The zero-order valence-corrected chi connectivity index (χ0v) is 9.53. The summed E-state index contributed by atoms with van der Waals surface area (Å²) in [5.41, 5.74) is 2.65. The van der Waals surface area contributed by atoms with Gasteiger partial charge in [-0.15, -0.1) is 0 Å². The lowest BCUT2D eigenvalue weighted by atomic mass is 9.89. The highest BCUT2D eigenvalue weighted by atomic mass is 16.5. The number of hydrogen-bond acceptors (Lipinski definition) is 3. The van der Waals surface area contributed by atoms with Gasteiger partial charge in [-0.2, -0.15) is 0 Å². The highest BCUT2D eigenvalue weighted by Gasteiger charge is 2.32. The van der Waals surface area contributed by atoms with Crippen LogP contribution in [-0.4, -0.2) is 19.8 Å². The van der Waals surface area contributed by atoms with E-state index < -0.39 is 0 Å². The molecule has 2 aliphatic rings. The van der Waals surface area contributed by atoms with Gasteiger partial charge in [-0.25, -0.2) is 0 Å². The first-order valence-electron chi connectivity index (χ1n) is 5.90. The van der Waals surface area contributed by atoms with E-state index in [0.717, 1.165) is 18.9 Å². The molecule has 0 aliphatic carbocycles. The van der Waals surface area contributed by atoms with Crippen molar-refractivity contribution in [3.8, 4) is 5.75 Å². The predicted molar refractivity (Wildman–Crippen MR) is 61.5 cm³/mol. The van der Waals surface area contributed by atoms with Gasteiger partial charge in [-0.1, -0.05) is 6.07 Å². The maximum absolute atomic E-state index is 5.89. The minimum atomic E-state index is 0.356. The molecule has 3 rings (SSSR count). The van der Waals surface area contributed by atoms with Gasteiger partial charge in [0.15, 0.2) is 0 Å². The van der Waals surface area contributed by atoms with Crippen LogP contribution in [0.4, 0.5) is 0 Å².